The van der Waals surface area contributed by atoms with Crippen molar-refractivity contribution in [2.75, 3.05) is 0 Å². The molecule has 0 saturated heterocycles. The first-order valence-corrected chi connectivity index (χ1v) is 8.67. The van der Waals surface area contributed by atoms with E-state index in [0.717, 1.165) is 6.42 Å². The molecule has 1 aromatic carbocycles. The molecule has 0 amide bonds. The van der Waals surface area contributed by atoms with Crippen LogP contribution in [0.2, 0.25) is 0 Å². The van der Waals surface area contributed by atoms with Gasteiger partial charge in [0, 0.05) is 9.70 Å². The van der Waals surface area contributed by atoms with E-state index in [1.54, 1.807) is 0 Å². The number of aryl methyl sites for hydroxylation is 3. The van der Waals surface area contributed by atoms with Gasteiger partial charge in [0.15, 0.2) is 0 Å². The summed E-state index contributed by atoms with van der Waals surface area (Å²) >= 11 is 5.71. The fraction of sp³-hybridized carbons (Fsp3) is 0.412. The number of hydrogen-bond donors (Lipinski definition) is 0. The van der Waals surface area contributed by atoms with Gasteiger partial charge in [-0.3, -0.25) is 0 Å². The van der Waals surface area contributed by atoms with E-state index in [1.807, 2.05) is 11.3 Å². The van der Waals surface area contributed by atoms with Gasteiger partial charge in [-0.05, 0) is 62.1 Å². The predicted molar refractivity (Wildman–Crippen MR) is 89.6 cm³/mol. The van der Waals surface area contributed by atoms with Crippen molar-refractivity contribution in [3.63, 3.8) is 0 Å². The molecular weight excluding hydrogens is 316 g/mol. The first-order chi connectivity index (χ1) is 9.15. The zero-order chi connectivity index (χ0) is 13.7. The van der Waals surface area contributed by atoms with E-state index in [9.17, 15) is 0 Å². The van der Waals surface area contributed by atoms with Gasteiger partial charge in [0.25, 0.3) is 0 Å². The van der Waals surface area contributed by atoms with Crippen LogP contribution in [0.3, 0.4) is 0 Å². The average molecular weight is 337 g/mol. The van der Waals surface area contributed by atoms with Crippen molar-refractivity contribution in [2.24, 2.45) is 0 Å². The van der Waals surface area contributed by atoms with Crippen molar-refractivity contribution in [1.29, 1.82) is 0 Å². The number of rotatable bonds is 6. The van der Waals surface area contributed by atoms with Crippen LogP contribution in [0.5, 0.6) is 0 Å². The molecule has 2 aromatic rings. The molecule has 2 heteroatoms. The Labute approximate surface area is 129 Å². The largest absolute Gasteiger partial charge is 0.149 e. The maximum absolute atomic E-state index is 3.84. The Morgan fingerprint density at radius 3 is 2.79 bits per heavy atom. The number of thiophene rings is 1. The van der Waals surface area contributed by atoms with Crippen LogP contribution < -0.4 is 0 Å². The highest BCUT2D eigenvalue weighted by molar-refractivity contribution is 9.09. The van der Waals surface area contributed by atoms with E-state index in [0.29, 0.717) is 4.83 Å². The van der Waals surface area contributed by atoms with Crippen molar-refractivity contribution in [1.82, 2.24) is 0 Å². The van der Waals surface area contributed by atoms with E-state index in [1.165, 1.54) is 40.8 Å². The number of alkyl halides is 1. The fourth-order valence-electron chi connectivity index (χ4n) is 2.31. The SMILES string of the molecule is Cc1ccc(C)c(CC(Br)CCCc2cccs2)c1. The van der Waals surface area contributed by atoms with E-state index in [2.05, 4.69) is 65.5 Å². The smallest absolute Gasteiger partial charge is 0.0186 e. The Bertz CT molecular complexity index is 502. The highest BCUT2D eigenvalue weighted by atomic mass is 79.9. The lowest BCUT2D eigenvalue weighted by molar-refractivity contribution is 0.703. The Kier molecular flexibility index (Phi) is 5.65. The van der Waals surface area contributed by atoms with Gasteiger partial charge in [-0.2, -0.15) is 0 Å². The summed E-state index contributed by atoms with van der Waals surface area (Å²) in [5.74, 6) is 0. The standard InChI is InChI=1S/C17H21BrS/c1-13-8-9-14(2)15(11-13)12-16(18)5-3-6-17-7-4-10-19-17/h4,7-11,16H,3,5-6,12H2,1-2H3. The molecule has 0 nitrogen and oxygen atoms in total. The third-order valence-electron chi connectivity index (χ3n) is 3.47. The van der Waals surface area contributed by atoms with Crippen LogP contribution in [-0.2, 0) is 12.8 Å². The van der Waals surface area contributed by atoms with Crippen molar-refractivity contribution in [2.45, 2.75) is 44.4 Å². The minimum Gasteiger partial charge on any atom is -0.149 e. The molecule has 0 bridgehead atoms. The van der Waals surface area contributed by atoms with E-state index < -0.39 is 0 Å². The van der Waals surface area contributed by atoms with Gasteiger partial charge in [-0.25, -0.2) is 0 Å². The van der Waals surface area contributed by atoms with Crippen molar-refractivity contribution in [3.8, 4) is 0 Å². The molecule has 0 saturated carbocycles. The summed E-state index contributed by atoms with van der Waals surface area (Å²) < 4.78 is 0. The van der Waals surface area contributed by atoms with Crippen molar-refractivity contribution >= 4 is 27.3 Å². The van der Waals surface area contributed by atoms with E-state index >= 15 is 0 Å². The molecule has 2 rings (SSSR count). The van der Waals surface area contributed by atoms with Gasteiger partial charge in [0.2, 0.25) is 0 Å². The van der Waals surface area contributed by atoms with Gasteiger partial charge < -0.3 is 0 Å². The first-order valence-electron chi connectivity index (χ1n) is 6.88. The molecule has 1 unspecified atom stereocenters. The molecule has 0 aliphatic carbocycles. The quantitative estimate of drug-likeness (QED) is 0.594. The molecule has 0 radical (unpaired) electrons. The Morgan fingerprint density at radius 1 is 1.21 bits per heavy atom. The second-order valence-corrected chi connectivity index (χ2v) is 7.53. The van der Waals surface area contributed by atoms with Gasteiger partial charge in [-0.1, -0.05) is 45.8 Å². The maximum Gasteiger partial charge on any atom is 0.0186 e. The lowest BCUT2D eigenvalue weighted by Gasteiger charge is -2.12. The monoisotopic (exact) mass is 336 g/mol. The molecule has 1 heterocycles. The lowest BCUT2D eigenvalue weighted by Crippen LogP contribution is -2.05. The normalized spacial score (nSPS) is 12.6. The minimum absolute atomic E-state index is 0.591. The fourth-order valence-corrected chi connectivity index (χ4v) is 3.74. The summed E-state index contributed by atoms with van der Waals surface area (Å²) in [6, 6.07) is 11.1. The Balaban J connectivity index is 1.80. The molecule has 0 N–H and O–H groups in total. The summed E-state index contributed by atoms with van der Waals surface area (Å²) in [7, 11) is 0. The van der Waals surface area contributed by atoms with Crippen LogP contribution in [0.4, 0.5) is 0 Å². The molecule has 0 spiro atoms. The average Bonchev–Trinajstić information content (AvgIpc) is 2.87. The highest BCUT2D eigenvalue weighted by Gasteiger charge is 2.08. The van der Waals surface area contributed by atoms with Gasteiger partial charge >= 0.3 is 0 Å². The molecule has 1 aromatic heterocycles. The summed E-state index contributed by atoms with van der Waals surface area (Å²) in [6.45, 7) is 4.38. The zero-order valence-corrected chi connectivity index (χ0v) is 14.1. The number of halogens is 1. The van der Waals surface area contributed by atoms with Crippen LogP contribution in [0.1, 0.15) is 34.4 Å². The highest BCUT2D eigenvalue weighted by Crippen LogP contribution is 2.21. The third-order valence-corrected chi connectivity index (χ3v) is 5.18. The van der Waals surface area contributed by atoms with Crippen LogP contribution in [0, 0.1) is 13.8 Å². The third kappa shape index (κ3) is 4.77. The summed E-state index contributed by atoms with van der Waals surface area (Å²) in [5, 5.41) is 2.16. The van der Waals surface area contributed by atoms with Gasteiger partial charge in [0.05, 0.1) is 0 Å². The number of hydrogen-bond acceptors (Lipinski definition) is 1. The van der Waals surface area contributed by atoms with Crippen molar-refractivity contribution < 1.29 is 0 Å². The Hall–Kier alpha value is -0.600. The molecule has 0 aliphatic heterocycles. The van der Waals surface area contributed by atoms with Crippen molar-refractivity contribution in [3.05, 3.63) is 57.3 Å². The van der Waals surface area contributed by atoms with Gasteiger partial charge in [0.1, 0.15) is 0 Å². The Morgan fingerprint density at radius 2 is 2.05 bits per heavy atom. The summed E-state index contributed by atoms with van der Waals surface area (Å²) in [5.41, 5.74) is 4.25. The summed E-state index contributed by atoms with van der Waals surface area (Å²) in [6.07, 6.45) is 4.86. The molecule has 102 valence electrons. The van der Waals surface area contributed by atoms with Crippen LogP contribution in [-0.4, -0.2) is 4.83 Å². The second kappa shape index (κ2) is 7.25. The molecule has 19 heavy (non-hydrogen) atoms. The second-order valence-electron chi connectivity index (χ2n) is 5.20. The molecule has 1 atom stereocenters. The van der Waals surface area contributed by atoms with Crippen LogP contribution >= 0.6 is 27.3 Å². The topological polar surface area (TPSA) is 0 Å². The molecule has 0 fully saturated rings. The first kappa shape index (κ1) is 14.8. The minimum atomic E-state index is 0.591. The predicted octanol–water partition coefficient (Wildman–Crippen LogP) is 5.69. The van der Waals surface area contributed by atoms with E-state index in [4.69, 9.17) is 0 Å². The van der Waals surface area contributed by atoms with Crippen LogP contribution in [0.25, 0.3) is 0 Å². The lowest BCUT2D eigenvalue weighted by atomic mass is 9.99. The van der Waals surface area contributed by atoms with E-state index in [-0.39, 0.29) is 0 Å². The molecular formula is C17H21BrS. The van der Waals surface area contributed by atoms with Gasteiger partial charge in [-0.15, -0.1) is 11.3 Å². The zero-order valence-electron chi connectivity index (χ0n) is 11.7. The van der Waals surface area contributed by atoms with Crippen LogP contribution in [0.15, 0.2) is 35.7 Å². The molecule has 0 aliphatic rings. The maximum atomic E-state index is 3.84. The number of benzene rings is 1. The summed E-state index contributed by atoms with van der Waals surface area (Å²) in [4.78, 5) is 2.10.